The SMILES string of the molecule is CCn1nc(C)c(Cl)c1Cn1cc(CNCCOC)cn1. The van der Waals surface area contributed by atoms with Gasteiger partial charge in [0.25, 0.3) is 0 Å². The highest BCUT2D eigenvalue weighted by Gasteiger charge is 2.13. The number of halogens is 1. The number of nitrogens with one attached hydrogen (secondary N) is 1. The van der Waals surface area contributed by atoms with Crippen LogP contribution in [0.2, 0.25) is 5.02 Å². The van der Waals surface area contributed by atoms with E-state index in [2.05, 4.69) is 22.4 Å². The molecule has 2 heterocycles. The molecular formula is C14H22ClN5O. The topological polar surface area (TPSA) is 56.9 Å². The van der Waals surface area contributed by atoms with E-state index in [0.717, 1.165) is 41.6 Å². The van der Waals surface area contributed by atoms with E-state index in [0.29, 0.717) is 13.2 Å². The molecule has 0 saturated heterocycles. The smallest absolute Gasteiger partial charge is 0.0866 e. The number of rotatable bonds is 8. The zero-order valence-electron chi connectivity index (χ0n) is 12.8. The lowest BCUT2D eigenvalue weighted by molar-refractivity contribution is 0.199. The van der Waals surface area contributed by atoms with Crippen LogP contribution in [0.25, 0.3) is 0 Å². The van der Waals surface area contributed by atoms with Gasteiger partial charge in [-0.2, -0.15) is 10.2 Å². The van der Waals surface area contributed by atoms with Crippen LogP contribution >= 0.6 is 11.6 Å². The highest BCUT2D eigenvalue weighted by molar-refractivity contribution is 6.31. The molecule has 1 N–H and O–H groups in total. The molecule has 0 aromatic carbocycles. The van der Waals surface area contributed by atoms with Crippen molar-refractivity contribution in [3.05, 3.63) is 34.4 Å². The van der Waals surface area contributed by atoms with E-state index in [1.165, 1.54) is 0 Å². The van der Waals surface area contributed by atoms with Gasteiger partial charge in [-0.15, -0.1) is 0 Å². The Morgan fingerprint density at radius 1 is 1.43 bits per heavy atom. The zero-order valence-corrected chi connectivity index (χ0v) is 13.5. The van der Waals surface area contributed by atoms with Crippen LogP contribution in [0.5, 0.6) is 0 Å². The summed E-state index contributed by atoms with van der Waals surface area (Å²) < 4.78 is 8.81. The van der Waals surface area contributed by atoms with Crippen LogP contribution in [-0.2, 0) is 24.4 Å². The third-order valence-corrected chi connectivity index (χ3v) is 3.76. The number of aromatic nitrogens is 4. The van der Waals surface area contributed by atoms with Gasteiger partial charge in [0.2, 0.25) is 0 Å². The quantitative estimate of drug-likeness (QED) is 0.756. The molecule has 6 nitrogen and oxygen atoms in total. The summed E-state index contributed by atoms with van der Waals surface area (Å²) in [5.41, 5.74) is 3.00. The molecule has 0 unspecified atom stereocenters. The third kappa shape index (κ3) is 4.06. The minimum Gasteiger partial charge on any atom is -0.383 e. The Morgan fingerprint density at radius 3 is 2.95 bits per heavy atom. The molecule has 2 rings (SSSR count). The monoisotopic (exact) mass is 311 g/mol. The van der Waals surface area contributed by atoms with E-state index in [1.807, 2.05) is 28.7 Å². The summed E-state index contributed by atoms with van der Waals surface area (Å²) in [5, 5.41) is 12.8. The normalized spacial score (nSPS) is 11.2. The summed E-state index contributed by atoms with van der Waals surface area (Å²) in [6.45, 7) is 7.73. The number of ether oxygens (including phenoxy) is 1. The second-order valence-electron chi connectivity index (χ2n) is 4.88. The minimum atomic E-state index is 0.631. The lowest BCUT2D eigenvalue weighted by Crippen LogP contribution is -2.18. The molecule has 0 bridgehead atoms. The Kier molecular flexibility index (Phi) is 5.78. The van der Waals surface area contributed by atoms with Gasteiger partial charge < -0.3 is 10.1 Å². The molecule has 7 heteroatoms. The molecule has 21 heavy (non-hydrogen) atoms. The van der Waals surface area contributed by atoms with Gasteiger partial charge in [-0.05, 0) is 13.8 Å². The first-order valence-electron chi connectivity index (χ1n) is 7.08. The number of hydrogen-bond acceptors (Lipinski definition) is 4. The van der Waals surface area contributed by atoms with E-state index >= 15 is 0 Å². The van der Waals surface area contributed by atoms with Crippen molar-refractivity contribution in [2.75, 3.05) is 20.3 Å². The fourth-order valence-corrected chi connectivity index (χ4v) is 2.36. The standard InChI is InChI=1S/C14H22ClN5O/c1-4-20-13(14(15)11(2)18-20)10-19-9-12(8-17-19)7-16-5-6-21-3/h8-9,16H,4-7,10H2,1-3H3. The van der Waals surface area contributed by atoms with Crippen molar-refractivity contribution in [1.29, 1.82) is 0 Å². The van der Waals surface area contributed by atoms with Crippen molar-refractivity contribution in [1.82, 2.24) is 24.9 Å². The van der Waals surface area contributed by atoms with E-state index < -0.39 is 0 Å². The van der Waals surface area contributed by atoms with Gasteiger partial charge in [0, 0.05) is 38.5 Å². The van der Waals surface area contributed by atoms with Crippen molar-refractivity contribution >= 4 is 11.6 Å². The first-order valence-corrected chi connectivity index (χ1v) is 7.46. The number of methoxy groups -OCH3 is 1. The summed E-state index contributed by atoms with van der Waals surface area (Å²) in [6, 6.07) is 0. The van der Waals surface area contributed by atoms with Crippen molar-refractivity contribution in [2.24, 2.45) is 0 Å². The summed E-state index contributed by atoms with van der Waals surface area (Å²) in [7, 11) is 1.70. The number of nitrogens with zero attached hydrogens (tertiary/aromatic N) is 4. The summed E-state index contributed by atoms with van der Waals surface area (Å²) >= 11 is 6.32. The Labute approximate surface area is 130 Å². The van der Waals surface area contributed by atoms with Crippen LogP contribution in [0.3, 0.4) is 0 Å². The highest BCUT2D eigenvalue weighted by atomic mass is 35.5. The Balaban J connectivity index is 1.99. The molecule has 0 aliphatic heterocycles. The Bertz CT molecular complexity index is 578. The molecule has 0 radical (unpaired) electrons. The summed E-state index contributed by atoms with van der Waals surface area (Å²) in [4.78, 5) is 0. The van der Waals surface area contributed by atoms with E-state index in [9.17, 15) is 0 Å². The van der Waals surface area contributed by atoms with Gasteiger partial charge >= 0.3 is 0 Å². The maximum absolute atomic E-state index is 6.32. The van der Waals surface area contributed by atoms with Gasteiger partial charge in [-0.1, -0.05) is 11.6 Å². The molecule has 0 amide bonds. The zero-order chi connectivity index (χ0) is 15.2. The first kappa shape index (κ1) is 16.0. The van der Waals surface area contributed by atoms with Gasteiger partial charge in [-0.3, -0.25) is 9.36 Å². The largest absolute Gasteiger partial charge is 0.383 e. The first-order chi connectivity index (χ1) is 10.2. The predicted octanol–water partition coefficient (Wildman–Crippen LogP) is 1.85. The summed E-state index contributed by atoms with van der Waals surface area (Å²) in [5.74, 6) is 0. The average molecular weight is 312 g/mol. The Morgan fingerprint density at radius 2 is 2.24 bits per heavy atom. The lowest BCUT2D eigenvalue weighted by atomic mass is 10.3. The van der Waals surface area contributed by atoms with Crippen LogP contribution < -0.4 is 5.32 Å². The van der Waals surface area contributed by atoms with Crippen molar-refractivity contribution < 1.29 is 4.74 Å². The van der Waals surface area contributed by atoms with Crippen LogP contribution in [0.1, 0.15) is 23.9 Å². The van der Waals surface area contributed by atoms with Crippen LogP contribution in [0.15, 0.2) is 12.4 Å². The molecule has 0 atom stereocenters. The van der Waals surface area contributed by atoms with E-state index in [1.54, 1.807) is 7.11 Å². The van der Waals surface area contributed by atoms with Gasteiger partial charge in [0.15, 0.2) is 0 Å². The molecule has 2 aromatic heterocycles. The van der Waals surface area contributed by atoms with Gasteiger partial charge in [-0.25, -0.2) is 0 Å². The van der Waals surface area contributed by atoms with Crippen LogP contribution in [-0.4, -0.2) is 39.8 Å². The summed E-state index contributed by atoms with van der Waals surface area (Å²) in [6.07, 6.45) is 3.89. The molecular weight excluding hydrogens is 290 g/mol. The second-order valence-corrected chi connectivity index (χ2v) is 5.26. The lowest BCUT2D eigenvalue weighted by Gasteiger charge is -2.05. The third-order valence-electron chi connectivity index (χ3n) is 3.26. The number of hydrogen-bond donors (Lipinski definition) is 1. The highest BCUT2D eigenvalue weighted by Crippen LogP contribution is 2.21. The molecule has 0 saturated carbocycles. The number of aryl methyl sites for hydroxylation is 2. The molecule has 0 aliphatic rings. The fraction of sp³-hybridized carbons (Fsp3) is 0.571. The Hall–Kier alpha value is -1.37. The van der Waals surface area contributed by atoms with Crippen molar-refractivity contribution in [3.63, 3.8) is 0 Å². The maximum Gasteiger partial charge on any atom is 0.0866 e. The van der Waals surface area contributed by atoms with Crippen LogP contribution in [0.4, 0.5) is 0 Å². The molecule has 116 valence electrons. The molecule has 2 aromatic rings. The van der Waals surface area contributed by atoms with Gasteiger partial charge in [0.1, 0.15) is 0 Å². The van der Waals surface area contributed by atoms with E-state index in [-0.39, 0.29) is 0 Å². The minimum absolute atomic E-state index is 0.631. The molecule has 0 fully saturated rings. The fourth-order valence-electron chi connectivity index (χ4n) is 2.16. The van der Waals surface area contributed by atoms with Crippen molar-refractivity contribution in [3.8, 4) is 0 Å². The predicted molar refractivity (Wildman–Crippen MR) is 82.6 cm³/mol. The van der Waals surface area contributed by atoms with E-state index in [4.69, 9.17) is 16.3 Å². The second kappa shape index (κ2) is 7.59. The maximum atomic E-state index is 6.32. The van der Waals surface area contributed by atoms with Gasteiger partial charge in [0.05, 0.1) is 35.8 Å². The van der Waals surface area contributed by atoms with Crippen LogP contribution in [0, 0.1) is 6.92 Å². The average Bonchev–Trinajstić information content (AvgIpc) is 3.03. The van der Waals surface area contributed by atoms with Crippen molar-refractivity contribution in [2.45, 2.75) is 33.5 Å². The molecule has 0 aliphatic carbocycles. The molecule has 0 spiro atoms.